The number of aromatic carboxylic acids is 1. The number of hydrogen-bond donors (Lipinski definition) is 2. The SMILES string of the molecule is CSCCCCCCNc1cc(C)ncc1C(=O)O. The van der Waals surface area contributed by atoms with Crippen molar-refractivity contribution in [3.05, 3.63) is 23.5 Å². The Kier molecular flexibility index (Phi) is 7.33. The van der Waals surface area contributed by atoms with E-state index in [2.05, 4.69) is 16.6 Å². The number of carboxylic acid groups (broad SMARTS) is 1. The number of unbranched alkanes of at least 4 members (excludes halogenated alkanes) is 3. The van der Waals surface area contributed by atoms with Crippen LogP contribution in [0.4, 0.5) is 5.69 Å². The number of pyridine rings is 1. The molecule has 0 saturated heterocycles. The van der Waals surface area contributed by atoms with Gasteiger partial charge in [-0.1, -0.05) is 12.8 Å². The molecule has 0 aliphatic rings. The van der Waals surface area contributed by atoms with Crippen LogP contribution in [0.5, 0.6) is 0 Å². The molecule has 4 nitrogen and oxygen atoms in total. The summed E-state index contributed by atoms with van der Waals surface area (Å²) < 4.78 is 0. The summed E-state index contributed by atoms with van der Waals surface area (Å²) in [6.45, 7) is 2.67. The second-order valence-corrected chi connectivity index (χ2v) is 5.50. The molecule has 0 fully saturated rings. The second kappa shape index (κ2) is 8.80. The molecule has 106 valence electrons. The third-order valence-electron chi connectivity index (χ3n) is 2.86. The molecule has 0 spiro atoms. The summed E-state index contributed by atoms with van der Waals surface area (Å²) in [4.78, 5) is 15.1. The van der Waals surface area contributed by atoms with Gasteiger partial charge in [-0.15, -0.1) is 0 Å². The van der Waals surface area contributed by atoms with Gasteiger partial charge in [0.2, 0.25) is 0 Å². The average molecular weight is 282 g/mol. The van der Waals surface area contributed by atoms with E-state index in [1.807, 2.05) is 18.7 Å². The van der Waals surface area contributed by atoms with Crippen LogP contribution in [0.2, 0.25) is 0 Å². The Bertz CT molecular complexity index is 410. The Hall–Kier alpha value is -1.23. The zero-order valence-corrected chi connectivity index (χ0v) is 12.4. The molecular weight excluding hydrogens is 260 g/mol. The first-order chi connectivity index (χ1) is 9.15. The minimum absolute atomic E-state index is 0.244. The van der Waals surface area contributed by atoms with Crippen LogP contribution in [-0.4, -0.2) is 34.6 Å². The molecule has 1 aromatic rings. The Balaban J connectivity index is 2.36. The summed E-state index contributed by atoms with van der Waals surface area (Å²) in [6.07, 6.45) is 8.29. The minimum atomic E-state index is -0.935. The first kappa shape index (κ1) is 15.8. The van der Waals surface area contributed by atoms with Gasteiger partial charge in [0.25, 0.3) is 0 Å². The van der Waals surface area contributed by atoms with Crippen LogP contribution in [0.1, 0.15) is 41.7 Å². The summed E-state index contributed by atoms with van der Waals surface area (Å²) in [5.41, 5.74) is 1.74. The molecule has 0 aromatic carbocycles. The standard InChI is InChI=1S/C14H22N2O2S/c1-11-9-13(12(10-16-11)14(17)18)15-7-5-3-4-6-8-19-2/h9-10H,3-8H2,1-2H3,(H,15,16)(H,17,18). The highest BCUT2D eigenvalue weighted by Gasteiger charge is 2.10. The van der Waals surface area contributed by atoms with Crippen molar-refractivity contribution in [2.75, 3.05) is 23.9 Å². The quantitative estimate of drug-likeness (QED) is 0.679. The molecule has 5 heteroatoms. The second-order valence-electron chi connectivity index (χ2n) is 4.51. The van der Waals surface area contributed by atoms with Crippen LogP contribution in [0, 0.1) is 6.92 Å². The lowest BCUT2D eigenvalue weighted by atomic mass is 10.2. The van der Waals surface area contributed by atoms with Gasteiger partial charge in [-0.3, -0.25) is 4.98 Å². The molecule has 0 unspecified atom stereocenters. The number of aryl methyl sites for hydroxylation is 1. The lowest BCUT2D eigenvalue weighted by Crippen LogP contribution is -2.08. The summed E-state index contributed by atoms with van der Waals surface area (Å²) in [7, 11) is 0. The third-order valence-corrected chi connectivity index (χ3v) is 3.56. The fraction of sp³-hybridized carbons (Fsp3) is 0.571. The number of thioether (sulfide) groups is 1. The van der Waals surface area contributed by atoms with E-state index in [4.69, 9.17) is 5.11 Å². The Morgan fingerprint density at radius 2 is 2.11 bits per heavy atom. The van der Waals surface area contributed by atoms with Gasteiger partial charge in [0.15, 0.2) is 0 Å². The van der Waals surface area contributed by atoms with E-state index in [0.29, 0.717) is 5.69 Å². The van der Waals surface area contributed by atoms with E-state index < -0.39 is 5.97 Å². The van der Waals surface area contributed by atoms with Gasteiger partial charge in [0.05, 0.1) is 5.69 Å². The molecular formula is C14H22N2O2S. The summed E-state index contributed by atoms with van der Waals surface area (Å²) in [5, 5.41) is 12.3. The molecule has 0 atom stereocenters. The highest BCUT2D eigenvalue weighted by Crippen LogP contribution is 2.16. The van der Waals surface area contributed by atoms with Gasteiger partial charge < -0.3 is 10.4 Å². The fourth-order valence-electron chi connectivity index (χ4n) is 1.82. The van der Waals surface area contributed by atoms with Crippen molar-refractivity contribution in [2.24, 2.45) is 0 Å². The molecule has 0 bridgehead atoms. The number of nitrogens with one attached hydrogen (secondary N) is 1. The first-order valence-electron chi connectivity index (χ1n) is 6.58. The van der Waals surface area contributed by atoms with E-state index in [-0.39, 0.29) is 5.56 Å². The zero-order valence-electron chi connectivity index (χ0n) is 11.6. The summed E-state index contributed by atoms with van der Waals surface area (Å²) in [6, 6.07) is 1.79. The predicted octanol–water partition coefficient (Wildman–Crippen LogP) is 3.42. The number of hydrogen-bond acceptors (Lipinski definition) is 4. The normalized spacial score (nSPS) is 10.4. The van der Waals surface area contributed by atoms with Crippen molar-refractivity contribution < 1.29 is 9.90 Å². The molecule has 0 saturated carbocycles. The van der Waals surface area contributed by atoms with Gasteiger partial charge in [0, 0.05) is 18.4 Å². The topological polar surface area (TPSA) is 62.2 Å². The summed E-state index contributed by atoms with van der Waals surface area (Å²) in [5.74, 6) is 0.287. The molecule has 1 rings (SSSR count). The maximum Gasteiger partial charge on any atom is 0.339 e. The number of nitrogens with zero attached hydrogens (tertiary/aromatic N) is 1. The molecule has 19 heavy (non-hydrogen) atoms. The molecule has 0 aliphatic carbocycles. The highest BCUT2D eigenvalue weighted by molar-refractivity contribution is 7.98. The van der Waals surface area contributed by atoms with Crippen molar-refractivity contribution in [2.45, 2.75) is 32.6 Å². The first-order valence-corrected chi connectivity index (χ1v) is 7.97. The Morgan fingerprint density at radius 1 is 1.37 bits per heavy atom. The van der Waals surface area contributed by atoms with Crippen molar-refractivity contribution in [3.63, 3.8) is 0 Å². The largest absolute Gasteiger partial charge is 0.478 e. The van der Waals surface area contributed by atoms with Gasteiger partial charge in [0.1, 0.15) is 5.56 Å². The van der Waals surface area contributed by atoms with Gasteiger partial charge in [-0.2, -0.15) is 11.8 Å². The highest BCUT2D eigenvalue weighted by atomic mass is 32.2. The van der Waals surface area contributed by atoms with Gasteiger partial charge in [-0.25, -0.2) is 4.79 Å². The third kappa shape index (κ3) is 5.96. The molecule has 0 aliphatic heterocycles. The maximum absolute atomic E-state index is 11.1. The van der Waals surface area contributed by atoms with Crippen LogP contribution in [-0.2, 0) is 0 Å². The van der Waals surface area contributed by atoms with Crippen LogP contribution in [0.3, 0.4) is 0 Å². The maximum atomic E-state index is 11.1. The number of rotatable bonds is 9. The van der Waals surface area contributed by atoms with E-state index in [1.165, 1.54) is 31.2 Å². The lowest BCUT2D eigenvalue weighted by molar-refractivity contribution is 0.0697. The van der Waals surface area contributed by atoms with Gasteiger partial charge in [-0.05, 0) is 37.8 Å². The molecule has 1 heterocycles. The number of carboxylic acids is 1. The minimum Gasteiger partial charge on any atom is -0.478 e. The van der Waals surface area contributed by atoms with E-state index in [9.17, 15) is 4.79 Å². The van der Waals surface area contributed by atoms with E-state index >= 15 is 0 Å². The van der Waals surface area contributed by atoms with Crippen LogP contribution in [0.25, 0.3) is 0 Å². The summed E-state index contributed by atoms with van der Waals surface area (Å²) >= 11 is 1.88. The molecule has 2 N–H and O–H groups in total. The molecule has 1 aromatic heterocycles. The number of carbonyl (C=O) groups is 1. The molecule has 0 amide bonds. The number of aromatic nitrogens is 1. The van der Waals surface area contributed by atoms with Crippen LogP contribution in [0.15, 0.2) is 12.3 Å². The average Bonchev–Trinajstić information content (AvgIpc) is 2.37. The number of anilines is 1. The van der Waals surface area contributed by atoms with Crippen LogP contribution >= 0.6 is 11.8 Å². The van der Waals surface area contributed by atoms with Crippen LogP contribution < -0.4 is 5.32 Å². The Morgan fingerprint density at radius 3 is 2.79 bits per heavy atom. The van der Waals surface area contributed by atoms with E-state index in [0.717, 1.165) is 18.7 Å². The van der Waals surface area contributed by atoms with Crippen molar-refractivity contribution in [1.82, 2.24) is 4.98 Å². The monoisotopic (exact) mass is 282 g/mol. The van der Waals surface area contributed by atoms with Crippen molar-refractivity contribution >= 4 is 23.4 Å². The Labute approximate surface area is 119 Å². The zero-order chi connectivity index (χ0) is 14.1. The molecule has 0 radical (unpaired) electrons. The fourth-order valence-corrected chi connectivity index (χ4v) is 2.32. The van der Waals surface area contributed by atoms with E-state index in [1.54, 1.807) is 6.07 Å². The van der Waals surface area contributed by atoms with Gasteiger partial charge >= 0.3 is 5.97 Å². The van der Waals surface area contributed by atoms with Crippen molar-refractivity contribution in [1.29, 1.82) is 0 Å². The smallest absolute Gasteiger partial charge is 0.339 e. The predicted molar refractivity (Wildman–Crippen MR) is 81.3 cm³/mol. The van der Waals surface area contributed by atoms with Crippen molar-refractivity contribution in [3.8, 4) is 0 Å². The lowest BCUT2D eigenvalue weighted by Gasteiger charge is -2.10.